The predicted molar refractivity (Wildman–Crippen MR) is 63.1 cm³/mol. The second-order valence-electron chi connectivity index (χ2n) is 3.02. The summed E-state index contributed by atoms with van der Waals surface area (Å²) in [5, 5.41) is 2.53. The van der Waals surface area contributed by atoms with Gasteiger partial charge in [-0.05, 0) is 34.7 Å². The Morgan fingerprint density at radius 2 is 2.07 bits per heavy atom. The Morgan fingerprint density at radius 1 is 1.40 bits per heavy atom. The zero-order chi connectivity index (χ0) is 11.2. The van der Waals surface area contributed by atoms with Crippen LogP contribution in [0, 0.1) is 3.57 Å². The number of carbonyl (C=O) groups excluding carboxylic acids is 1. The molecule has 0 spiro atoms. The molecular formula is C8H7IN2O3S. The highest BCUT2D eigenvalue weighted by Gasteiger charge is 2.34. The first-order chi connectivity index (χ1) is 6.94. The normalized spacial score (nSPS) is 18.3. The molecule has 2 rings (SSSR count). The third-order valence-corrected chi connectivity index (χ3v) is 4.81. The largest absolute Gasteiger partial charge is 0.335 e. The molecule has 1 aromatic carbocycles. The number of rotatable bonds is 0. The number of amides is 2. The molecule has 7 heteroatoms. The van der Waals surface area contributed by atoms with E-state index in [1.807, 2.05) is 22.6 Å². The molecule has 0 aliphatic carbocycles. The first-order valence-electron chi connectivity index (χ1n) is 4.03. The van der Waals surface area contributed by atoms with Crippen molar-refractivity contribution < 1.29 is 13.2 Å². The van der Waals surface area contributed by atoms with Crippen LogP contribution in [-0.4, -0.2) is 25.8 Å². The number of hydrogen-bond donors (Lipinski definition) is 1. The Bertz CT molecular complexity index is 541. The molecule has 1 heterocycles. The van der Waals surface area contributed by atoms with Crippen LogP contribution in [0.5, 0.6) is 0 Å². The lowest BCUT2D eigenvalue weighted by molar-refractivity contribution is 0.240. The van der Waals surface area contributed by atoms with E-state index in [2.05, 4.69) is 5.32 Å². The Labute approximate surface area is 101 Å². The number of carbonyl (C=O) groups is 1. The molecule has 0 unspecified atom stereocenters. The molecular weight excluding hydrogens is 331 g/mol. The van der Waals surface area contributed by atoms with Gasteiger partial charge in [-0.3, -0.25) is 0 Å². The number of nitrogens with one attached hydrogen (secondary N) is 1. The molecule has 1 N–H and O–H groups in total. The van der Waals surface area contributed by atoms with Crippen molar-refractivity contribution in [2.45, 2.75) is 4.90 Å². The van der Waals surface area contributed by atoms with E-state index in [1.54, 1.807) is 12.1 Å². The molecule has 0 atom stereocenters. The molecule has 1 aromatic rings. The highest BCUT2D eigenvalue weighted by atomic mass is 127. The lowest BCUT2D eigenvalue weighted by Gasteiger charge is -2.26. The van der Waals surface area contributed by atoms with Gasteiger partial charge in [0.05, 0.1) is 5.69 Å². The fourth-order valence-corrected chi connectivity index (χ4v) is 3.33. The summed E-state index contributed by atoms with van der Waals surface area (Å²) in [4.78, 5) is 11.5. The topological polar surface area (TPSA) is 66.5 Å². The van der Waals surface area contributed by atoms with Gasteiger partial charge in [-0.2, -0.15) is 0 Å². The summed E-state index contributed by atoms with van der Waals surface area (Å²) < 4.78 is 25.1. The van der Waals surface area contributed by atoms with Gasteiger partial charge in [0.15, 0.2) is 0 Å². The van der Waals surface area contributed by atoms with Gasteiger partial charge in [0, 0.05) is 10.6 Å². The Balaban J connectivity index is 2.78. The molecule has 5 nitrogen and oxygen atoms in total. The first-order valence-corrected chi connectivity index (χ1v) is 6.55. The average Bonchev–Trinajstić information content (AvgIpc) is 2.17. The molecule has 80 valence electrons. The van der Waals surface area contributed by atoms with Crippen molar-refractivity contribution in [3.05, 3.63) is 21.8 Å². The quantitative estimate of drug-likeness (QED) is 0.729. The van der Waals surface area contributed by atoms with E-state index in [0.717, 1.165) is 0 Å². The maximum absolute atomic E-state index is 11.8. The van der Waals surface area contributed by atoms with Crippen LogP contribution in [0.25, 0.3) is 0 Å². The van der Waals surface area contributed by atoms with Crippen LogP contribution in [0.3, 0.4) is 0 Å². The number of halogens is 1. The van der Waals surface area contributed by atoms with Crippen molar-refractivity contribution in [2.75, 3.05) is 12.4 Å². The highest BCUT2D eigenvalue weighted by Crippen LogP contribution is 2.32. The van der Waals surface area contributed by atoms with Crippen molar-refractivity contribution in [3.63, 3.8) is 0 Å². The number of para-hydroxylation sites is 1. The number of urea groups is 1. The molecule has 0 bridgehead atoms. The fourth-order valence-electron chi connectivity index (χ4n) is 1.28. The lowest BCUT2D eigenvalue weighted by atomic mass is 10.3. The summed E-state index contributed by atoms with van der Waals surface area (Å²) in [5.74, 6) is 0. The van der Waals surface area contributed by atoms with Crippen LogP contribution >= 0.6 is 22.6 Å². The number of hydrogen-bond acceptors (Lipinski definition) is 3. The average molecular weight is 338 g/mol. The van der Waals surface area contributed by atoms with Gasteiger partial charge in [-0.1, -0.05) is 6.07 Å². The molecule has 0 aromatic heterocycles. The molecule has 1 aliphatic rings. The predicted octanol–water partition coefficient (Wildman–Crippen LogP) is 1.46. The fraction of sp³-hybridized carbons (Fsp3) is 0.125. The van der Waals surface area contributed by atoms with E-state index in [1.165, 1.54) is 13.1 Å². The molecule has 2 amide bonds. The van der Waals surface area contributed by atoms with Crippen LogP contribution in [0.4, 0.5) is 10.5 Å². The second kappa shape index (κ2) is 3.34. The van der Waals surface area contributed by atoms with Crippen LogP contribution in [0.1, 0.15) is 0 Å². The summed E-state index contributed by atoms with van der Waals surface area (Å²) >= 11 is 1.98. The monoisotopic (exact) mass is 338 g/mol. The van der Waals surface area contributed by atoms with Gasteiger partial charge in [0.25, 0.3) is 10.0 Å². The summed E-state index contributed by atoms with van der Waals surface area (Å²) in [5.41, 5.74) is 0.362. The molecule has 1 aliphatic heterocycles. The Kier molecular flexibility index (Phi) is 2.38. The smallest absolute Gasteiger partial charge is 0.305 e. The second-order valence-corrected chi connectivity index (χ2v) is 6.12. The van der Waals surface area contributed by atoms with Crippen LogP contribution in [0.2, 0.25) is 0 Å². The van der Waals surface area contributed by atoms with E-state index in [4.69, 9.17) is 0 Å². The number of anilines is 1. The molecule has 15 heavy (non-hydrogen) atoms. The summed E-state index contributed by atoms with van der Waals surface area (Å²) in [7, 11) is -2.45. The molecule has 0 saturated heterocycles. The van der Waals surface area contributed by atoms with E-state index < -0.39 is 16.1 Å². The minimum Gasteiger partial charge on any atom is -0.305 e. The number of sulfonamides is 1. The van der Waals surface area contributed by atoms with E-state index in [-0.39, 0.29) is 4.90 Å². The third-order valence-electron chi connectivity index (χ3n) is 2.13. The van der Waals surface area contributed by atoms with Crippen LogP contribution < -0.4 is 5.32 Å². The Hall–Kier alpha value is -0.830. The lowest BCUT2D eigenvalue weighted by Crippen LogP contribution is -2.41. The van der Waals surface area contributed by atoms with Crippen molar-refractivity contribution in [1.29, 1.82) is 0 Å². The van der Waals surface area contributed by atoms with Gasteiger partial charge in [-0.15, -0.1) is 0 Å². The van der Waals surface area contributed by atoms with E-state index in [9.17, 15) is 13.2 Å². The van der Waals surface area contributed by atoms with Crippen molar-refractivity contribution in [3.8, 4) is 0 Å². The van der Waals surface area contributed by atoms with Crippen LogP contribution in [-0.2, 0) is 10.0 Å². The van der Waals surface area contributed by atoms with Crippen molar-refractivity contribution in [1.82, 2.24) is 4.31 Å². The first kappa shape index (κ1) is 10.7. The zero-order valence-electron chi connectivity index (χ0n) is 7.69. The summed E-state index contributed by atoms with van der Waals surface area (Å²) in [6, 6.07) is 4.22. The van der Waals surface area contributed by atoms with E-state index >= 15 is 0 Å². The van der Waals surface area contributed by atoms with Gasteiger partial charge < -0.3 is 5.32 Å². The van der Waals surface area contributed by atoms with E-state index in [0.29, 0.717) is 13.6 Å². The van der Waals surface area contributed by atoms with Crippen LogP contribution in [0.15, 0.2) is 23.1 Å². The van der Waals surface area contributed by atoms with Crippen molar-refractivity contribution >= 4 is 44.3 Å². The maximum atomic E-state index is 11.8. The van der Waals surface area contributed by atoms with Gasteiger partial charge in [0.1, 0.15) is 4.90 Å². The van der Waals surface area contributed by atoms with Gasteiger partial charge in [-0.25, -0.2) is 17.5 Å². The molecule has 0 radical (unpaired) electrons. The number of nitrogens with zero attached hydrogens (tertiary/aromatic N) is 1. The SMILES string of the molecule is CN1C(=O)Nc2c(I)cccc2S1(=O)=O. The minimum atomic E-state index is -3.68. The Morgan fingerprint density at radius 3 is 2.73 bits per heavy atom. The minimum absolute atomic E-state index is 0.136. The number of benzene rings is 1. The highest BCUT2D eigenvalue weighted by molar-refractivity contribution is 14.1. The molecule has 0 saturated carbocycles. The van der Waals surface area contributed by atoms with Gasteiger partial charge >= 0.3 is 6.03 Å². The van der Waals surface area contributed by atoms with Gasteiger partial charge in [0.2, 0.25) is 0 Å². The van der Waals surface area contributed by atoms with Crippen molar-refractivity contribution in [2.24, 2.45) is 0 Å². The zero-order valence-corrected chi connectivity index (χ0v) is 10.7. The standard InChI is InChI=1S/C8H7IN2O3S/c1-11-8(12)10-7-5(9)3-2-4-6(7)15(11,13)14/h2-4H,1H3,(H,10,12). The third kappa shape index (κ3) is 1.49. The summed E-state index contributed by atoms with van der Waals surface area (Å²) in [6.07, 6.45) is 0. The number of fused-ring (bicyclic) bond motifs is 1. The summed E-state index contributed by atoms with van der Waals surface area (Å²) in [6.45, 7) is 0. The maximum Gasteiger partial charge on any atom is 0.335 e. The molecule has 0 fully saturated rings.